The predicted molar refractivity (Wildman–Crippen MR) is 259 cm³/mol. The van der Waals surface area contributed by atoms with Gasteiger partial charge < -0.3 is 4.90 Å². The fourth-order valence-corrected chi connectivity index (χ4v) is 11.7. The zero-order valence-electron chi connectivity index (χ0n) is 35.7. The summed E-state index contributed by atoms with van der Waals surface area (Å²) in [5.74, 6) is 0. The maximum absolute atomic E-state index is 2.55. The molecule has 3 aliphatic rings. The number of rotatable bonds is 6. The first-order valence-corrected chi connectivity index (χ1v) is 22.0. The van der Waals surface area contributed by atoms with Gasteiger partial charge in [-0.15, -0.1) is 0 Å². The van der Waals surface area contributed by atoms with Crippen LogP contribution in [0.25, 0.3) is 44.5 Å². The van der Waals surface area contributed by atoms with Crippen molar-refractivity contribution in [3.05, 3.63) is 257 Å². The van der Waals surface area contributed by atoms with Crippen LogP contribution in [0.4, 0.5) is 17.1 Å². The van der Waals surface area contributed by atoms with Gasteiger partial charge >= 0.3 is 0 Å². The van der Waals surface area contributed by atoms with Crippen molar-refractivity contribution in [1.29, 1.82) is 0 Å². The zero-order valence-corrected chi connectivity index (χ0v) is 35.7. The molecule has 9 aromatic carbocycles. The molecular weight excluding hydrogens is 747 g/mol. The van der Waals surface area contributed by atoms with Gasteiger partial charge in [-0.1, -0.05) is 210 Å². The summed E-state index contributed by atoms with van der Waals surface area (Å²) < 4.78 is 0. The second kappa shape index (κ2) is 13.4. The van der Waals surface area contributed by atoms with E-state index in [-0.39, 0.29) is 10.8 Å². The molecular formula is C61H47N. The van der Waals surface area contributed by atoms with E-state index < -0.39 is 5.41 Å². The summed E-state index contributed by atoms with van der Waals surface area (Å²) in [4.78, 5) is 2.55. The summed E-state index contributed by atoms with van der Waals surface area (Å²) in [6.07, 6.45) is 0. The Kier molecular flexibility index (Phi) is 7.91. The average Bonchev–Trinajstić information content (AvgIpc) is 3.85. The van der Waals surface area contributed by atoms with E-state index in [0.29, 0.717) is 0 Å². The molecule has 0 bridgehead atoms. The van der Waals surface area contributed by atoms with Gasteiger partial charge in [-0.3, -0.25) is 0 Å². The number of benzene rings is 9. The minimum atomic E-state index is -0.510. The highest BCUT2D eigenvalue weighted by atomic mass is 15.1. The van der Waals surface area contributed by atoms with E-state index in [1.165, 1.54) is 94.7 Å². The molecule has 0 spiro atoms. The highest BCUT2D eigenvalue weighted by Gasteiger charge is 2.47. The summed E-state index contributed by atoms with van der Waals surface area (Å²) in [7, 11) is 0. The van der Waals surface area contributed by atoms with Crippen LogP contribution >= 0.6 is 0 Å². The fraction of sp³-hybridized carbons (Fsp3) is 0.115. The van der Waals surface area contributed by atoms with E-state index in [2.05, 4.69) is 245 Å². The minimum Gasteiger partial charge on any atom is -0.310 e. The van der Waals surface area contributed by atoms with Crippen LogP contribution in [0.3, 0.4) is 0 Å². The largest absolute Gasteiger partial charge is 0.310 e. The second-order valence-corrected chi connectivity index (χ2v) is 18.4. The molecule has 0 aliphatic heterocycles. The predicted octanol–water partition coefficient (Wildman–Crippen LogP) is 15.8. The maximum Gasteiger partial charge on any atom is 0.0714 e. The number of anilines is 3. The van der Waals surface area contributed by atoms with Crippen molar-refractivity contribution in [2.24, 2.45) is 0 Å². The van der Waals surface area contributed by atoms with Crippen LogP contribution in [0.1, 0.15) is 72.2 Å². The summed E-state index contributed by atoms with van der Waals surface area (Å²) in [6.45, 7) is 9.50. The van der Waals surface area contributed by atoms with Crippen LogP contribution in [0.5, 0.6) is 0 Å². The lowest BCUT2D eigenvalue weighted by atomic mass is 9.68. The Hall–Kier alpha value is -7.22. The molecule has 1 nitrogen and oxygen atoms in total. The highest BCUT2D eigenvalue weighted by Crippen LogP contribution is 2.60. The molecule has 0 fully saturated rings. The number of hydrogen-bond donors (Lipinski definition) is 0. The third-order valence-corrected chi connectivity index (χ3v) is 14.5. The lowest BCUT2D eigenvalue weighted by molar-refractivity contribution is 0.660. The Morgan fingerprint density at radius 2 is 0.790 bits per heavy atom. The van der Waals surface area contributed by atoms with Gasteiger partial charge in [0, 0.05) is 27.8 Å². The van der Waals surface area contributed by atoms with Crippen molar-refractivity contribution in [2.75, 3.05) is 4.90 Å². The normalized spacial score (nSPS) is 15.2. The van der Waals surface area contributed by atoms with E-state index in [9.17, 15) is 0 Å². The van der Waals surface area contributed by atoms with Crippen LogP contribution in [-0.4, -0.2) is 0 Å². The quantitative estimate of drug-likeness (QED) is 0.162. The first-order chi connectivity index (χ1) is 30.3. The lowest BCUT2D eigenvalue weighted by Gasteiger charge is -2.34. The zero-order chi connectivity index (χ0) is 41.8. The minimum absolute atomic E-state index is 0.0810. The van der Waals surface area contributed by atoms with Crippen LogP contribution in [0, 0.1) is 0 Å². The molecule has 1 heteroatoms. The van der Waals surface area contributed by atoms with Crippen molar-refractivity contribution >= 4 is 17.1 Å². The van der Waals surface area contributed by atoms with E-state index in [1.807, 2.05) is 0 Å². The van der Waals surface area contributed by atoms with Crippen LogP contribution in [-0.2, 0) is 16.2 Å². The van der Waals surface area contributed by atoms with E-state index in [1.54, 1.807) is 0 Å². The van der Waals surface area contributed by atoms with E-state index in [4.69, 9.17) is 0 Å². The van der Waals surface area contributed by atoms with Crippen molar-refractivity contribution in [2.45, 2.75) is 43.9 Å². The molecule has 3 aliphatic carbocycles. The van der Waals surface area contributed by atoms with Crippen molar-refractivity contribution in [3.63, 3.8) is 0 Å². The molecule has 0 saturated carbocycles. The monoisotopic (exact) mass is 793 g/mol. The third kappa shape index (κ3) is 4.97. The van der Waals surface area contributed by atoms with Crippen LogP contribution in [0.15, 0.2) is 212 Å². The average molecular weight is 794 g/mol. The smallest absolute Gasteiger partial charge is 0.0714 e. The van der Waals surface area contributed by atoms with Crippen molar-refractivity contribution in [3.8, 4) is 44.5 Å². The summed E-state index contributed by atoms with van der Waals surface area (Å²) in [5, 5.41) is 0. The van der Waals surface area contributed by atoms with Gasteiger partial charge in [0.25, 0.3) is 0 Å². The molecule has 296 valence electrons. The Morgan fingerprint density at radius 1 is 0.306 bits per heavy atom. The van der Waals surface area contributed by atoms with Gasteiger partial charge in [-0.05, 0) is 114 Å². The van der Waals surface area contributed by atoms with Gasteiger partial charge in [0.05, 0.1) is 11.1 Å². The van der Waals surface area contributed by atoms with E-state index in [0.717, 1.165) is 11.4 Å². The molecule has 62 heavy (non-hydrogen) atoms. The maximum atomic E-state index is 2.55. The van der Waals surface area contributed by atoms with Gasteiger partial charge in [0.1, 0.15) is 0 Å². The Bertz CT molecular complexity index is 3200. The summed E-state index contributed by atoms with van der Waals surface area (Å²) in [6, 6.07) is 79.7. The fourth-order valence-electron chi connectivity index (χ4n) is 11.7. The molecule has 0 N–H and O–H groups in total. The first-order valence-electron chi connectivity index (χ1n) is 22.0. The number of fused-ring (bicyclic) bond motifs is 9. The number of nitrogens with zero attached hydrogens (tertiary/aromatic N) is 1. The highest BCUT2D eigenvalue weighted by molar-refractivity contribution is 5.99. The molecule has 0 atom stereocenters. The lowest BCUT2D eigenvalue weighted by Crippen LogP contribution is -2.28. The molecule has 9 aromatic rings. The Balaban J connectivity index is 1.13. The molecule has 0 aromatic heterocycles. The van der Waals surface area contributed by atoms with E-state index >= 15 is 0 Å². The first kappa shape index (κ1) is 36.6. The van der Waals surface area contributed by atoms with Gasteiger partial charge in [-0.2, -0.15) is 0 Å². The van der Waals surface area contributed by atoms with Crippen LogP contribution < -0.4 is 4.90 Å². The molecule has 0 amide bonds. The molecule has 0 saturated heterocycles. The third-order valence-electron chi connectivity index (χ3n) is 14.5. The SMILES string of the molecule is CC1(C)c2ccccc2-c2ccc(N(c3cccc(-c4cccc5c4-c4ccccc4C5(C)C)c3)c3cccc4c3-c3ccccc3C4(c3ccccc3)c3ccccc3)cc21. The molecule has 0 radical (unpaired) electrons. The Labute approximate surface area is 365 Å². The van der Waals surface area contributed by atoms with Crippen LogP contribution in [0.2, 0.25) is 0 Å². The summed E-state index contributed by atoms with van der Waals surface area (Å²) in [5.41, 5.74) is 23.7. The van der Waals surface area contributed by atoms with Gasteiger partial charge in [-0.25, -0.2) is 0 Å². The number of hydrogen-bond acceptors (Lipinski definition) is 1. The molecule has 0 heterocycles. The van der Waals surface area contributed by atoms with Crippen molar-refractivity contribution < 1.29 is 0 Å². The van der Waals surface area contributed by atoms with Gasteiger partial charge in [0.15, 0.2) is 0 Å². The molecule has 0 unspecified atom stereocenters. The van der Waals surface area contributed by atoms with Gasteiger partial charge in [0.2, 0.25) is 0 Å². The summed E-state index contributed by atoms with van der Waals surface area (Å²) >= 11 is 0. The molecule has 12 rings (SSSR count). The topological polar surface area (TPSA) is 3.24 Å². The standard InChI is InChI=1S/C61H47N/c1-59(2)51-31-15-12-27-48(51)57-45(29-18-33-53(57)59)40-20-17-25-43(38-40)62(44-36-37-47-46-26-11-14-30-50(46)60(3,4)55(47)39-44)56-35-19-34-54-58(56)49-28-13-16-32-52(49)61(54,41-21-7-5-8-22-41)42-23-9-6-10-24-42/h5-39H,1-4H3. The second-order valence-electron chi connectivity index (χ2n) is 18.4. The Morgan fingerprint density at radius 3 is 1.50 bits per heavy atom. The van der Waals surface area contributed by atoms with Crippen molar-refractivity contribution in [1.82, 2.24) is 0 Å².